The van der Waals surface area contributed by atoms with E-state index >= 15 is 0 Å². The molecule has 32 heavy (non-hydrogen) atoms. The monoisotopic (exact) mass is 496 g/mol. The van der Waals surface area contributed by atoms with E-state index in [1.807, 2.05) is 0 Å². The number of halogens is 4. The van der Waals surface area contributed by atoms with Crippen LogP contribution in [0.25, 0.3) is 0 Å². The zero-order valence-corrected chi connectivity index (χ0v) is 19.3. The van der Waals surface area contributed by atoms with Gasteiger partial charge in [-0.3, -0.25) is 9.69 Å². The highest BCUT2D eigenvalue weighted by Crippen LogP contribution is 2.32. The maximum atomic E-state index is 13.2. The minimum atomic E-state index is -0.354. The minimum absolute atomic E-state index is 0.125. The highest BCUT2D eigenvalue weighted by atomic mass is 35.5. The topological polar surface area (TPSA) is 45.9 Å². The molecule has 1 fully saturated rings. The number of piperazine rings is 1. The molecule has 0 radical (unpaired) electrons. The van der Waals surface area contributed by atoms with Crippen molar-refractivity contribution in [3.05, 3.63) is 86.5 Å². The number of rotatable bonds is 6. The zero-order valence-electron chi connectivity index (χ0n) is 17.0. The Balaban J connectivity index is 1.30. The second-order valence-corrected chi connectivity index (χ2v) is 8.60. The van der Waals surface area contributed by atoms with Crippen molar-refractivity contribution >= 4 is 40.7 Å². The van der Waals surface area contributed by atoms with Crippen LogP contribution in [0, 0.1) is 5.82 Å². The van der Waals surface area contributed by atoms with E-state index in [9.17, 15) is 9.18 Å². The first kappa shape index (κ1) is 22.9. The molecule has 0 unspecified atom stereocenters. The van der Waals surface area contributed by atoms with Crippen molar-refractivity contribution in [1.82, 2.24) is 9.80 Å². The van der Waals surface area contributed by atoms with Crippen LogP contribution in [0.2, 0.25) is 15.1 Å². The summed E-state index contributed by atoms with van der Waals surface area (Å²) in [7, 11) is 0. The van der Waals surface area contributed by atoms with E-state index in [4.69, 9.17) is 44.0 Å². The third-order valence-corrected chi connectivity index (χ3v) is 6.38. The molecule has 1 aliphatic rings. The number of carbonyl (C=O) groups is 1. The average molecular weight is 498 g/mol. The minimum Gasteiger partial charge on any atom is -0.484 e. The van der Waals surface area contributed by atoms with Crippen molar-refractivity contribution in [2.24, 2.45) is 0 Å². The Kier molecular flexibility index (Phi) is 7.26. The van der Waals surface area contributed by atoms with Gasteiger partial charge in [0.05, 0.1) is 5.02 Å². The quantitative estimate of drug-likeness (QED) is 0.424. The Labute approximate surface area is 200 Å². The second kappa shape index (κ2) is 10.1. The number of furan rings is 1. The van der Waals surface area contributed by atoms with E-state index in [1.54, 1.807) is 41.3 Å². The lowest BCUT2D eigenvalue weighted by Crippen LogP contribution is -2.48. The van der Waals surface area contributed by atoms with Crippen LogP contribution in [-0.2, 0) is 13.2 Å². The Bertz CT molecular complexity index is 1110. The molecule has 4 rings (SSSR count). The summed E-state index contributed by atoms with van der Waals surface area (Å²) in [6.07, 6.45) is 0. The van der Waals surface area contributed by atoms with Gasteiger partial charge < -0.3 is 14.1 Å². The van der Waals surface area contributed by atoms with Crippen LogP contribution in [0.1, 0.15) is 21.9 Å². The molecule has 0 N–H and O–H groups in total. The molecule has 2 aromatic carbocycles. The van der Waals surface area contributed by atoms with Crippen molar-refractivity contribution in [3.63, 3.8) is 0 Å². The van der Waals surface area contributed by atoms with Gasteiger partial charge in [0.2, 0.25) is 0 Å². The Morgan fingerprint density at radius 1 is 1.00 bits per heavy atom. The molecular weight excluding hydrogens is 478 g/mol. The summed E-state index contributed by atoms with van der Waals surface area (Å²) in [6.45, 7) is 3.21. The molecule has 0 saturated carbocycles. The summed E-state index contributed by atoms with van der Waals surface area (Å²) in [5, 5.41) is 1.14. The van der Waals surface area contributed by atoms with E-state index in [1.165, 1.54) is 12.1 Å². The summed E-state index contributed by atoms with van der Waals surface area (Å²) in [4.78, 5) is 16.7. The van der Waals surface area contributed by atoms with E-state index in [0.717, 1.165) is 5.56 Å². The Hall–Kier alpha value is -2.25. The molecule has 0 atom stereocenters. The summed E-state index contributed by atoms with van der Waals surface area (Å²) in [6, 6.07) is 12.9. The normalized spacial score (nSPS) is 14.6. The Morgan fingerprint density at radius 2 is 1.78 bits per heavy atom. The summed E-state index contributed by atoms with van der Waals surface area (Å²) < 4.78 is 24.6. The highest BCUT2D eigenvalue weighted by Gasteiger charge is 2.25. The number of hydrogen-bond acceptors (Lipinski definition) is 4. The molecule has 1 saturated heterocycles. The fourth-order valence-electron chi connectivity index (χ4n) is 3.47. The molecule has 1 aliphatic heterocycles. The predicted octanol–water partition coefficient (Wildman–Crippen LogP) is 5.92. The van der Waals surface area contributed by atoms with Crippen molar-refractivity contribution < 1.29 is 18.3 Å². The number of carbonyl (C=O) groups excluding carboxylic acids is 1. The van der Waals surface area contributed by atoms with Gasteiger partial charge in [-0.05, 0) is 42.0 Å². The summed E-state index contributed by atoms with van der Waals surface area (Å²) in [5.74, 6) is 0.690. The molecule has 0 bridgehead atoms. The van der Waals surface area contributed by atoms with Crippen molar-refractivity contribution in [2.45, 2.75) is 13.2 Å². The molecule has 3 aromatic rings. The van der Waals surface area contributed by atoms with Gasteiger partial charge in [-0.2, -0.15) is 0 Å². The molecule has 9 heteroatoms. The standard InChI is InChI=1S/C23H20Cl3FN2O3/c24-18-2-1-3-20(22(18)26)31-14-17-6-7-21(32-17)23(30)29-10-8-28(9-11-29)13-15-4-5-16(27)12-19(15)25/h1-7,12H,8-11,13-14H2. The van der Waals surface area contributed by atoms with E-state index in [0.29, 0.717) is 59.3 Å². The van der Waals surface area contributed by atoms with Gasteiger partial charge in [0, 0.05) is 37.7 Å². The van der Waals surface area contributed by atoms with Gasteiger partial charge >= 0.3 is 0 Å². The lowest BCUT2D eigenvalue weighted by molar-refractivity contribution is 0.0594. The van der Waals surface area contributed by atoms with Crippen molar-refractivity contribution in [2.75, 3.05) is 26.2 Å². The number of nitrogens with zero attached hydrogens (tertiary/aromatic N) is 2. The van der Waals surface area contributed by atoms with Crippen molar-refractivity contribution in [3.8, 4) is 5.75 Å². The highest BCUT2D eigenvalue weighted by molar-refractivity contribution is 6.42. The lowest BCUT2D eigenvalue weighted by atomic mass is 10.2. The predicted molar refractivity (Wildman–Crippen MR) is 122 cm³/mol. The van der Waals surface area contributed by atoms with Crippen LogP contribution in [0.15, 0.2) is 52.9 Å². The second-order valence-electron chi connectivity index (χ2n) is 7.41. The first-order chi connectivity index (χ1) is 15.4. The van der Waals surface area contributed by atoms with Gasteiger partial charge in [-0.1, -0.05) is 46.9 Å². The lowest BCUT2D eigenvalue weighted by Gasteiger charge is -2.34. The largest absolute Gasteiger partial charge is 0.484 e. The molecular formula is C23H20Cl3FN2O3. The van der Waals surface area contributed by atoms with Gasteiger partial charge in [0.1, 0.15) is 29.0 Å². The fraction of sp³-hybridized carbons (Fsp3) is 0.261. The van der Waals surface area contributed by atoms with Crippen LogP contribution >= 0.6 is 34.8 Å². The fourth-order valence-corrected chi connectivity index (χ4v) is 4.04. The zero-order chi connectivity index (χ0) is 22.7. The molecule has 0 spiro atoms. The average Bonchev–Trinajstić information content (AvgIpc) is 3.26. The van der Waals surface area contributed by atoms with Gasteiger partial charge in [0.25, 0.3) is 5.91 Å². The van der Waals surface area contributed by atoms with Gasteiger partial charge in [-0.25, -0.2) is 4.39 Å². The van der Waals surface area contributed by atoms with E-state index in [2.05, 4.69) is 4.90 Å². The third kappa shape index (κ3) is 5.38. The third-order valence-electron chi connectivity index (χ3n) is 5.23. The van der Waals surface area contributed by atoms with Crippen LogP contribution in [0.4, 0.5) is 4.39 Å². The number of amides is 1. The smallest absolute Gasteiger partial charge is 0.289 e. The first-order valence-electron chi connectivity index (χ1n) is 10.0. The maximum Gasteiger partial charge on any atom is 0.289 e. The molecule has 2 heterocycles. The van der Waals surface area contributed by atoms with Crippen LogP contribution in [0.5, 0.6) is 5.75 Å². The maximum absolute atomic E-state index is 13.2. The van der Waals surface area contributed by atoms with Gasteiger partial charge in [0.15, 0.2) is 5.76 Å². The number of ether oxygens (including phenoxy) is 1. The van der Waals surface area contributed by atoms with Crippen LogP contribution in [0.3, 0.4) is 0 Å². The molecule has 5 nitrogen and oxygen atoms in total. The summed E-state index contributed by atoms with van der Waals surface area (Å²) >= 11 is 18.2. The number of benzene rings is 2. The van der Waals surface area contributed by atoms with E-state index < -0.39 is 0 Å². The molecule has 168 valence electrons. The number of hydrogen-bond donors (Lipinski definition) is 0. The molecule has 1 aromatic heterocycles. The summed E-state index contributed by atoms with van der Waals surface area (Å²) in [5.41, 5.74) is 0.864. The van der Waals surface area contributed by atoms with Crippen LogP contribution < -0.4 is 4.74 Å². The SMILES string of the molecule is O=C(c1ccc(COc2cccc(Cl)c2Cl)o1)N1CCN(Cc2ccc(F)cc2Cl)CC1. The van der Waals surface area contributed by atoms with Gasteiger partial charge in [-0.15, -0.1) is 0 Å². The van der Waals surface area contributed by atoms with Crippen molar-refractivity contribution in [1.29, 1.82) is 0 Å². The van der Waals surface area contributed by atoms with Crippen LogP contribution in [-0.4, -0.2) is 41.9 Å². The molecule has 1 amide bonds. The van der Waals surface area contributed by atoms with E-state index in [-0.39, 0.29) is 24.1 Å². The Morgan fingerprint density at radius 3 is 2.53 bits per heavy atom. The molecule has 0 aliphatic carbocycles. The first-order valence-corrected chi connectivity index (χ1v) is 11.1.